The molecular formula is C23H20Cl2N4O3S. The van der Waals surface area contributed by atoms with Gasteiger partial charge in [-0.2, -0.15) is 5.10 Å². The van der Waals surface area contributed by atoms with Crippen LogP contribution in [0.25, 0.3) is 16.8 Å². The summed E-state index contributed by atoms with van der Waals surface area (Å²) < 4.78 is 12.3. The van der Waals surface area contributed by atoms with E-state index in [4.69, 9.17) is 37.8 Å². The van der Waals surface area contributed by atoms with Crippen molar-refractivity contribution in [1.29, 1.82) is 0 Å². The molecule has 4 rings (SSSR count). The molecule has 0 radical (unpaired) electrons. The van der Waals surface area contributed by atoms with Crippen molar-refractivity contribution in [3.05, 3.63) is 75.7 Å². The fraction of sp³-hybridized carbons (Fsp3) is 0.217. The summed E-state index contributed by atoms with van der Waals surface area (Å²) in [6.45, 7) is 2.24. The number of benzene rings is 2. The maximum absolute atomic E-state index is 12.7. The molecular weight excluding hydrogens is 483 g/mol. The molecule has 0 amide bonds. The number of rotatable bonds is 8. The number of nitrogens with zero attached hydrogens (tertiary/aromatic N) is 4. The first-order valence-corrected chi connectivity index (χ1v) is 11.8. The van der Waals surface area contributed by atoms with E-state index < -0.39 is 5.97 Å². The van der Waals surface area contributed by atoms with Gasteiger partial charge in [0.1, 0.15) is 0 Å². The molecule has 2 aromatic carbocycles. The van der Waals surface area contributed by atoms with Gasteiger partial charge in [-0.05, 0) is 48.9 Å². The third-order valence-corrected chi connectivity index (χ3v) is 6.31. The zero-order chi connectivity index (χ0) is 23.4. The highest BCUT2D eigenvalue weighted by atomic mass is 35.5. The van der Waals surface area contributed by atoms with E-state index in [1.165, 1.54) is 11.8 Å². The van der Waals surface area contributed by atoms with Gasteiger partial charge in [0.2, 0.25) is 0 Å². The number of esters is 1. The largest absolute Gasteiger partial charge is 0.461 e. The number of hydrogen-bond acceptors (Lipinski definition) is 7. The number of hydrogen-bond donors (Lipinski definition) is 0. The van der Waals surface area contributed by atoms with Crippen LogP contribution in [0.4, 0.5) is 0 Å². The molecule has 33 heavy (non-hydrogen) atoms. The second-order valence-electron chi connectivity index (χ2n) is 6.96. The molecule has 0 fully saturated rings. The topological polar surface area (TPSA) is 78.6 Å². The Balaban J connectivity index is 1.86. The van der Waals surface area contributed by atoms with E-state index in [0.717, 1.165) is 16.0 Å². The highest BCUT2D eigenvalue weighted by molar-refractivity contribution is 7.98. The third kappa shape index (κ3) is 5.14. The Labute approximate surface area is 205 Å². The predicted octanol–water partition coefficient (Wildman–Crippen LogP) is 5.71. The fourth-order valence-electron chi connectivity index (χ4n) is 3.31. The molecule has 2 heterocycles. The minimum atomic E-state index is -0.546. The molecule has 0 aliphatic carbocycles. The minimum Gasteiger partial charge on any atom is -0.461 e. The van der Waals surface area contributed by atoms with Crippen molar-refractivity contribution < 1.29 is 14.3 Å². The van der Waals surface area contributed by atoms with Gasteiger partial charge in [0.25, 0.3) is 0 Å². The molecule has 170 valence electrons. The van der Waals surface area contributed by atoms with Crippen molar-refractivity contribution >= 4 is 46.6 Å². The molecule has 10 heteroatoms. The molecule has 0 aliphatic heterocycles. The quantitative estimate of drug-likeness (QED) is 0.225. The molecule has 0 spiro atoms. The van der Waals surface area contributed by atoms with Gasteiger partial charge in [-0.15, -0.1) is 22.0 Å². The van der Waals surface area contributed by atoms with Gasteiger partial charge in [-0.3, -0.25) is 0 Å². The number of aromatic nitrogens is 4. The van der Waals surface area contributed by atoms with Crippen LogP contribution in [0.2, 0.25) is 10.0 Å². The smallest absolute Gasteiger partial charge is 0.360 e. The first-order valence-electron chi connectivity index (χ1n) is 10.1. The zero-order valence-corrected chi connectivity index (χ0v) is 20.2. The normalized spacial score (nSPS) is 11.2. The van der Waals surface area contributed by atoms with Crippen LogP contribution in [0.1, 0.15) is 28.8 Å². The summed E-state index contributed by atoms with van der Waals surface area (Å²) in [6.07, 6.45) is 0. The molecule has 2 aromatic heterocycles. The third-order valence-electron chi connectivity index (χ3n) is 4.78. The lowest BCUT2D eigenvalue weighted by atomic mass is 10.1. The average molecular weight is 503 g/mol. The van der Waals surface area contributed by atoms with E-state index in [9.17, 15) is 4.79 Å². The summed E-state index contributed by atoms with van der Waals surface area (Å²) in [7, 11) is 1.60. The molecule has 0 saturated heterocycles. The predicted molar refractivity (Wildman–Crippen MR) is 129 cm³/mol. The fourth-order valence-corrected chi connectivity index (χ4v) is 4.45. The van der Waals surface area contributed by atoms with Crippen LogP contribution < -0.4 is 0 Å². The van der Waals surface area contributed by atoms with E-state index in [0.29, 0.717) is 32.8 Å². The van der Waals surface area contributed by atoms with Crippen LogP contribution >= 0.6 is 35.0 Å². The Morgan fingerprint density at radius 2 is 1.70 bits per heavy atom. The van der Waals surface area contributed by atoms with Crippen molar-refractivity contribution in [3.8, 4) is 11.1 Å². The first kappa shape index (κ1) is 23.5. The highest BCUT2D eigenvalue weighted by Gasteiger charge is 2.24. The Morgan fingerprint density at radius 3 is 2.33 bits per heavy atom. The Kier molecular flexibility index (Phi) is 7.49. The van der Waals surface area contributed by atoms with Gasteiger partial charge in [-0.1, -0.05) is 35.3 Å². The summed E-state index contributed by atoms with van der Waals surface area (Å²) in [5, 5.41) is 14.6. The molecule has 0 saturated carbocycles. The number of methoxy groups -OCH3 is 1. The Bertz CT molecular complexity index is 1280. The van der Waals surface area contributed by atoms with Crippen LogP contribution in [0.15, 0.2) is 53.4 Å². The number of ether oxygens (including phenoxy) is 2. The van der Waals surface area contributed by atoms with Crippen LogP contribution in [0.3, 0.4) is 0 Å². The van der Waals surface area contributed by atoms with Gasteiger partial charge in [0.15, 0.2) is 11.3 Å². The van der Waals surface area contributed by atoms with Crippen LogP contribution in [-0.4, -0.2) is 39.5 Å². The molecule has 4 aromatic rings. The number of fused-ring (bicyclic) bond motifs is 1. The SMILES string of the molecule is CCOC(=O)c1nnc2c(-c3ccc(Cl)cc3)c(COC)nn2c1CSc1ccc(Cl)cc1. The van der Waals surface area contributed by atoms with E-state index >= 15 is 0 Å². The van der Waals surface area contributed by atoms with Crippen molar-refractivity contribution in [3.63, 3.8) is 0 Å². The van der Waals surface area contributed by atoms with E-state index in [-0.39, 0.29) is 18.9 Å². The minimum absolute atomic E-state index is 0.125. The van der Waals surface area contributed by atoms with Crippen molar-refractivity contribution in [2.45, 2.75) is 24.2 Å². The van der Waals surface area contributed by atoms with Crippen molar-refractivity contribution in [1.82, 2.24) is 19.8 Å². The Morgan fingerprint density at radius 1 is 1.03 bits per heavy atom. The monoisotopic (exact) mass is 502 g/mol. The second-order valence-corrected chi connectivity index (χ2v) is 8.88. The number of thioether (sulfide) groups is 1. The van der Waals surface area contributed by atoms with Gasteiger partial charge >= 0.3 is 5.97 Å². The summed E-state index contributed by atoms with van der Waals surface area (Å²) in [5.41, 5.74) is 3.54. The summed E-state index contributed by atoms with van der Waals surface area (Å²) in [6, 6.07) is 14.9. The molecule has 0 atom stereocenters. The number of carbonyl (C=O) groups is 1. The van der Waals surface area contributed by atoms with Gasteiger partial charge < -0.3 is 9.47 Å². The number of halogens is 2. The zero-order valence-electron chi connectivity index (χ0n) is 17.9. The van der Waals surface area contributed by atoms with Gasteiger partial charge in [0, 0.05) is 27.8 Å². The molecule has 0 N–H and O–H groups in total. The second kappa shape index (κ2) is 10.5. The molecule has 0 bridgehead atoms. The van der Waals surface area contributed by atoms with Crippen LogP contribution in [-0.2, 0) is 21.8 Å². The maximum atomic E-state index is 12.7. The van der Waals surface area contributed by atoms with Crippen LogP contribution in [0, 0.1) is 0 Å². The number of carbonyl (C=O) groups excluding carboxylic acids is 1. The van der Waals surface area contributed by atoms with E-state index in [2.05, 4.69) is 10.2 Å². The maximum Gasteiger partial charge on any atom is 0.360 e. The summed E-state index contributed by atoms with van der Waals surface area (Å²) in [4.78, 5) is 13.6. The summed E-state index contributed by atoms with van der Waals surface area (Å²) in [5.74, 6) is -0.133. The molecule has 7 nitrogen and oxygen atoms in total. The lowest BCUT2D eigenvalue weighted by Gasteiger charge is -2.10. The molecule has 0 aliphatic rings. The Hall–Kier alpha value is -2.65. The van der Waals surface area contributed by atoms with Crippen molar-refractivity contribution in [2.24, 2.45) is 0 Å². The molecule has 0 unspecified atom stereocenters. The van der Waals surface area contributed by atoms with E-state index in [1.54, 1.807) is 30.7 Å². The van der Waals surface area contributed by atoms with Crippen LogP contribution in [0.5, 0.6) is 0 Å². The van der Waals surface area contributed by atoms with Crippen molar-refractivity contribution in [2.75, 3.05) is 13.7 Å². The standard InChI is InChI=1S/C23H20Cl2N4O3S/c1-3-32-23(30)21-19(13-33-17-10-8-16(25)9-11-17)29-22(27-26-21)20(18(28-29)12-31-2)14-4-6-15(24)7-5-14/h4-11H,3,12-13H2,1-2H3. The summed E-state index contributed by atoms with van der Waals surface area (Å²) >= 11 is 13.6. The lowest BCUT2D eigenvalue weighted by Crippen LogP contribution is -2.16. The first-order chi connectivity index (χ1) is 16.0. The van der Waals surface area contributed by atoms with Gasteiger partial charge in [0.05, 0.1) is 30.2 Å². The highest BCUT2D eigenvalue weighted by Crippen LogP contribution is 2.32. The van der Waals surface area contributed by atoms with E-state index in [1.807, 2.05) is 36.4 Å². The lowest BCUT2D eigenvalue weighted by molar-refractivity contribution is 0.0516. The average Bonchev–Trinajstić information content (AvgIpc) is 3.17. The van der Waals surface area contributed by atoms with Gasteiger partial charge in [-0.25, -0.2) is 9.31 Å².